The number of aryl methyl sites for hydroxylation is 12. The Bertz CT molecular complexity index is 4060. The molecule has 0 saturated heterocycles. The van der Waals surface area contributed by atoms with Crippen molar-refractivity contribution in [3.05, 3.63) is 219 Å². The van der Waals surface area contributed by atoms with E-state index in [1.54, 1.807) is 65.5 Å². The van der Waals surface area contributed by atoms with Gasteiger partial charge in [0, 0.05) is 26.6 Å². The van der Waals surface area contributed by atoms with Crippen LogP contribution in [0.3, 0.4) is 0 Å². The Hall–Kier alpha value is -7.44. The highest BCUT2D eigenvalue weighted by atomic mass is 127. The van der Waals surface area contributed by atoms with Gasteiger partial charge in [-0.15, -0.1) is 0 Å². The van der Waals surface area contributed by atoms with Gasteiger partial charge >= 0.3 is 0 Å². The van der Waals surface area contributed by atoms with Crippen molar-refractivity contribution >= 4 is 270 Å². The maximum atomic E-state index is 12.2. The van der Waals surface area contributed by atoms with Gasteiger partial charge < -0.3 is 68.8 Å². The Labute approximate surface area is 757 Å². The lowest BCUT2D eigenvalue weighted by Crippen LogP contribution is -2.03. The smallest absolute Gasteiger partial charge is 0.270 e. The van der Waals surface area contributed by atoms with E-state index < -0.39 is 17.8 Å². The molecule has 24 N–H and O–H groups in total. The van der Waals surface area contributed by atoms with Gasteiger partial charge in [-0.05, 0) is 284 Å². The summed E-state index contributed by atoms with van der Waals surface area (Å²) in [6.07, 6.45) is 11.9. The van der Waals surface area contributed by atoms with Crippen LogP contribution in [0.2, 0.25) is 20.5 Å². The lowest BCUT2D eigenvalue weighted by Gasteiger charge is -1.99. The highest BCUT2D eigenvalue weighted by Crippen LogP contribution is 2.22. The third-order valence-corrected chi connectivity index (χ3v) is 19.4. The number of nitrogens with two attached hydrogens (primary N) is 12. The Morgan fingerprint density at radius 3 is 1.10 bits per heavy atom. The van der Waals surface area contributed by atoms with E-state index in [2.05, 4.69) is 254 Å². The third-order valence-electron chi connectivity index (χ3n) is 12.3. The fraction of sp³-hybridized carbons (Fsp3) is 0.200. The lowest BCUT2D eigenvalue weighted by atomic mass is 10.3. The average Bonchev–Trinajstić information content (AvgIpc) is 0.872. The second-order valence-electron chi connectivity index (χ2n) is 21.2. The zero-order valence-electron chi connectivity index (χ0n) is 60.8. The number of pyridine rings is 4. The van der Waals surface area contributed by atoms with Crippen LogP contribution < -0.4 is 68.8 Å². The van der Waals surface area contributed by atoms with Gasteiger partial charge in [0.05, 0.1) is 81.6 Å². The number of nitrogens with zero attached hydrogens (tertiary/aromatic N) is 20. The highest BCUT2D eigenvalue weighted by molar-refractivity contribution is 14.1. The van der Waals surface area contributed by atoms with Crippen LogP contribution in [0.5, 0.6) is 0 Å². The van der Waals surface area contributed by atoms with E-state index in [-0.39, 0.29) is 40.9 Å². The number of hydrogen-bond acceptors (Lipinski definition) is 32. The first-order valence-electron chi connectivity index (χ1n) is 30.3. The molecule has 0 aromatic carbocycles. The Kier molecular flexibility index (Phi) is 50.1. The standard InChI is InChI=1S/C6H7BrN2.C6H7ClN2.C6H7FN2.C6H7IN2.C5H5Br2N3.C5H6BrN3.C5H5Cl2N3.C5H6ClN3.C5H5F2N3.C5H6FN3.C5H5I2N3.C5H6IN3.CH4/c4*1-4-2-5(7)3-9-6(4)8;1-2-5(8)10-4(7)3(6)9-2;1-3-5(7)9-4(6)2-8-3;1-2-5(8)10-4(7)3(6)9-2;1-3-5(7)9-4(6)2-8-3;1-2-5(8)10-4(7)3(6)9-2;1-3-5(7)9-4(6)2-8-3;1-2-5(8)10-4(7)3(6)9-2;1-3-5(7)9-4(6)2-8-3;/h4*2-3H,1H3,(H2,8,9);1H3,(H2,8,10);2H,1H3,(H2,7,9);1H3,(H2,8,10);2H,1H3,(H2,7,9);1H3,(H2,8,10);2H,1H3,(H2,7,9);1H3,(H2,8,10);2H,1H3,(H2,7,9);1H4. The molecule has 113 heavy (non-hydrogen) atoms. The molecule has 0 spiro atoms. The zero-order chi connectivity index (χ0) is 85.7. The first-order valence-corrected chi connectivity index (χ1v) is 39.3. The minimum Gasteiger partial charge on any atom is -0.383 e. The molecule has 0 fully saturated rings. The van der Waals surface area contributed by atoms with Crippen LogP contribution in [0.4, 0.5) is 87.4 Å². The summed E-state index contributed by atoms with van der Waals surface area (Å²) in [7, 11) is 0. The van der Waals surface area contributed by atoms with Gasteiger partial charge in [0.25, 0.3) is 11.9 Å². The second kappa shape index (κ2) is 53.7. The molecule has 12 aromatic rings. The van der Waals surface area contributed by atoms with E-state index in [0.717, 1.165) is 71.0 Å². The van der Waals surface area contributed by atoms with Gasteiger partial charge in [0.15, 0.2) is 10.3 Å². The van der Waals surface area contributed by atoms with Crippen LogP contribution in [-0.2, 0) is 0 Å². The van der Waals surface area contributed by atoms with Gasteiger partial charge in [0.1, 0.15) is 106 Å². The molecular weight excluding hydrogens is 2270 g/mol. The first-order chi connectivity index (χ1) is 52.0. The predicted octanol–water partition coefficient (Wildman–Crippen LogP) is 16.1. The third kappa shape index (κ3) is 42.7. The molecule has 0 aliphatic rings. The van der Waals surface area contributed by atoms with Crippen LogP contribution >= 0.6 is 200 Å². The monoisotopic (exact) mass is 2340 g/mol. The van der Waals surface area contributed by atoms with Gasteiger partial charge in [-0.1, -0.05) is 53.8 Å². The second-order valence-corrected chi connectivity index (χ2v) is 30.3. The summed E-state index contributed by atoms with van der Waals surface area (Å²) in [6, 6.07) is 7.07. The van der Waals surface area contributed by atoms with Crippen molar-refractivity contribution in [2.45, 2.75) is 90.5 Å². The molecule has 12 aromatic heterocycles. The van der Waals surface area contributed by atoms with Crippen molar-refractivity contribution in [1.29, 1.82) is 0 Å². The van der Waals surface area contributed by atoms with Crippen LogP contribution in [0.25, 0.3) is 0 Å². The first kappa shape index (κ1) is 106. The van der Waals surface area contributed by atoms with Crippen molar-refractivity contribution < 1.29 is 17.6 Å². The highest BCUT2D eigenvalue weighted by Gasteiger charge is 2.09. The Balaban J connectivity index is 0.00000121. The molecule has 0 radical (unpaired) electrons. The minimum absolute atomic E-state index is 0. The maximum absolute atomic E-state index is 12.2. The fourth-order valence-electron chi connectivity index (χ4n) is 5.90. The molecular formula is C65H76Br4Cl4F4I4N32. The molecule has 32 nitrogen and oxygen atoms in total. The summed E-state index contributed by atoms with van der Waals surface area (Å²) < 4.78 is 55.3. The summed E-state index contributed by atoms with van der Waals surface area (Å²) in [4.78, 5) is 75.6. The molecule has 0 aliphatic carbocycles. The van der Waals surface area contributed by atoms with Gasteiger partial charge in [-0.25, -0.2) is 74.2 Å². The molecule has 12 heterocycles. The summed E-state index contributed by atoms with van der Waals surface area (Å²) in [5.41, 5.74) is 73.3. The summed E-state index contributed by atoms with van der Waals surface area (Å²) in [6.45, 7) is 21.4. The molecule has 0 aliphatic heterocycles. The SMILES string of the molecule is C.Cc1cc(Br)cnc1N.Cc1cc(Cl)cnc1N.Cc1cc(F)cnc1N.Cc1cc(I)cnc1N.Cc1nc(Br)c(Br)nc1N.Cc1nc(Cl)c(Cl)nc1N.Cc1nc(F)c(F)nc1N.Cc1nc(I)c(I)nc1N.Cc1ncc(Br)nc1N.Cc1ncc(Cl)nc1N.Cc1ncc(F)nc1N.Cc1ncc(I)nc1N. The zero-order valence-corrected chi connectivity index (χ0v) is 78.8. The van der Waals surface area contributed by atoms with Crippen LogP contribution in [0.1, 0.15) is 75.2 Å². The average molecular weight is 2350 g/mol. The molecule has 0 atom stereocenters. The number of hydrogen-bond donors (Lipinski definition) is 12. The number of rotatable bonds is 0. The Morgan fingerprint density at radius 2 is 0.690 bits per heavy atom. The Morgan fingerprint density at radius 1 is 0.310 bits per heavy atom. The lowest BCUT2D eigenvalue weighted by molar-refractivity contribution is 0.451. The van der Waals surface area contributed by atoms with Gasteiger partial charge in [-0.2, -0.15) is 23.1 Å². The van der Waals surface area contributed by atoms with E-state index >= 15 is 0 Å². The normalized spacial score (nSPS) is 9.59. The van der Waals surface area contributed by atoms with E-state index in [0.29, 0.717) is 105 Å². The van der Waals surface area contributed by atoms with Crippen molar-refractivity contribution in [1.82, 2.24) is 99.7 Å². The van der Waals surface area contributed by atoms with E-state index in [1.165, 1.54) is 25.4 Å². The topological polar surface area (TPSA) is 570 Å². The molecule has 0 saturated carbocycles. The number of nitrogen functional groups attached to an aromatic ring is 12. The largest absolute Gasteiger partial charge is 0.383 e. The quantitative estimate of drug-likeness (QED) is 0.0495. The van der Waals surface area contributed by atoms with Crippen molar-refractivity contribution in [3.63, 3.8) is 0 Å². The number of halogens is 16. The summed E-state index contributed by atoms with van der Waals surface area (Å²) in [5.74, 6) is 1.41. The molecule has 608 valence electrons. The van der Waals surface area contributed by atoms with E-state index in [9.17, 15) is 17.6 Å². The number of anilines is 12. The van der Waals surface area contributed by atoms with Crippen LogP contribution in [0.15, 0.2) is 92.1 Å². The van der Waals surface area contributed by atoms with Gasteiger partial charge in [-0.3, -0.25) is 19.9 Å². The predicted molar refractivity (Wildman–Crippen MR) is 491 cm³/mol. The van der Waals surface area contributed by atoms with Crippen LogP contribution in [0, 0.1) is 121 Å². The summed E-state index contributed by atoms with van der Waals surface area (Å²) >= 11 is 43.4. The number of aromatic nitrogens is 20. The molecule has 0 unspecified atom stereocenters. The van der Waals surface area contributed by atoms with E-state index in [1.807, 2.05) is 53.7 Å². The van der Waals surface area contributed by atoms with Crippen LogP contribution in [-0.4, -0.2) is 99.7 Å². The molecule has 12 rings (SSSR count). The van der Waals surface area contributed by atoms with E-state index in [4.69, 9.17) is 115 Å². The minimum atomic E-state index is -1.26. The molecule has 0 bridgehead atoms. The maximum Gasteiger partial charge on any atom is 0.270 e. The summed E-state index contributed by atoms with van der Waals surface area (Å²) in [5, 5.41) is 1.29. The fourth-order valence-corrected chi connectivity index (χ4v) is 9.80. The van der Waals surface area contributed by atoms with Crippen molar-refractivity contribution in [2.24, 2.45) is 0 Å². The van der Waals surface area contributed by atoms with Gasteiger partial charge in [0.2, 0.25) is 5.95 Å². The molecule has 48 heteroatoms. The molecule has 0 amide bonds. The van der Waals surface area contributed by atoms with Crippen molar-refractivity contribution in [2.75, 3.05) is 68.8 Å². The van der Waals surface area contributed by atoms with Crippen molar-refractivity contribution in [3.8, 4) is 0 Å².